The molecule has 224 valence electrons. The molecule has 3 fully saturated rings. The van der Waals surface area contributed by atoms with E-state index in [9.17, 15) is 4.79 Å². The largest absolute Gasteiger partial charge is 0.480 e. The molecular formula is C33H46Cl2N4O2. The normalized spacial score (nSPS) is 21.0. The van der Waals surface area contributed by atoms with Crippen molar-refractivity contribution in [1.82, 2.24) is 20.0 Å². The summed E-state index contributed by atoms with van der Waals surface area (Å²) in [6.07, 6.45) is 7.26. The number of aliphatic carboxylic acids is 1. The molecule has 0 amide bonds. The quantitative estimate of drug-likeness (QED) is 0.343. The van der Waals surface area contributed by atoms with Crippen LogP contribution in [0, 0.1) is 17.8 Å². The Morgan fingerprint density at radius 1 is 0.732 bits per heavy atom. The zero-order valence-electron chi connectivity index (χ0n) is 24.5. The smallest absolute Gasteiger partial charge is 0.317 e. The van der Waals surface area contributed by atoms with Crippen molar-refractivity contribution in [3.63, 3.8) is 0 Å². The molecule has 0 spiro atoms. The second-order valence-corrected chi connectivity index (χ2v) is 13.5. The fourth-order valence-corrected chi connectivity index (χ4v) is 7.87. The molecule has 0 radical (unpaired) electrons. The van der Waals surface area contributed by atoms with E-state index in [0.29, 0.717) is 10.0 Å². The van der Waals surface area contributed by atoms with E-state index in [0.717, 1.165) is 95.1 Å². The molecule has 3 aliphatic heterocycles. The van der Waals surface area contributed by atoms with Crippen LogP contribution in [-0.4, -0.2) is 85.2 Å². The van der Waals surface area contributed by atoms with Gasteiger partial charge in [0.1, 0.15) is 0 Å². The molecule has 3 aliphatic rings. The SMILES string of the molecule is CNCC1CCN(Cc2cc(CN3CCC(C4CCN(CC(=O)O)CC4)CC3)cc(-c3cc(Cl)cc(Cl)c3)c2)CC1. The van der Waals surface area contributed by atoms with Gasteiger partial charge in [0.05, 0.1) is 6.54 Å². The van der Waals surface area contributed by atoms with E-state index in [1.807, 2.05) is 12.1 Å². The number of rotatable bonds is 10. The fraction of sp³-hybridized carbons (Fsp3) is 0.606. The Labute approximate surface area is 256 Å². The Hall–Kier alpha value is -1.67. The highest BCUT2D eigenvalue weighted by molar-refractivity contribution is 6.35. The molecule has 2 aromatic rings. The van der Waals surface area contributed by atoms with E-state index < -0.39 is 5.97 Å². The first-order valence-electron chi connectivity index (χ1n) is 15.5. The number of hydrogen-bond donors (Lipinski definition) is 2. The molecule has 0 atom stereocenters. The number of likely N-dealkylation sites (tertiary alicyclic amines) is 3. The molecule has 3 saturated heterocycles. The summed E-state index contributed by atoms with van der Waals surface area (Å²) in [6, 6.07) is 12.9. The highest BCUT2D eigenvalue weighted by Gasteiger charge is 2.30. The van der Waals surface area contributed by atoms with Gasteiger partial charge in [0.15, 0.2) is 0 Å². The van der Waals surface area contributed by atoms with Crippen molar-refractivity contribution >= 4 is 29.2 Å². The van der Waals surface area contributed by atoms with Gasteiger partial charge in [0, 0.05) is 23.1 Å². The summed E-state index contributed by atoms with van der Waals surface area (Å²) in [5, 5.41) is 13.8. The van der Waals surface area contributed by atoms with Gasteiger partial charge in [0.2, 0.25) is 0 Å². The van der Waals surface area contributed by atoms with Crippen molar-refractivity contribution in [2.75, 3.05) is 59.4 Å². The molecule has 6 nitrogen and oxygen atoms in total. The summed E-state index contributed by atoms with van der Waals surface area (Å²) in [5.74, 6) is 1.57. The van der Waals surface area contributed by atoms with E-state index in [1.165, 1.54) is 42.4 Å². The van der Waals surface area contributed by atoms with Gasteiger partial charge in [0.25, 0.3) is 0 Å². The number of carboxylic acid groups (broad SMARTS) is 1. The van der Waals surface area contributed by atoms with Crippen LogP contribution < -0.4 is 5.32 Å². The second-order valence-electron chi connectivity index (χ2n) is 12.6. The van der Waals surface area contributed by atoms with Crippen LogP contribution >= 0.6 is 23.2 Å². The van der Waals surface area contributed by atoms with E-state index in [1.54, 1.807) is 6.07 Å². The Balaban J connectivity index is 1.23. The fourth-order valence-electron chi connectivity index (χ4n) is 7.34. The first kappa shape index (κ1) is 30.8. The second kappa shape index (κ2) is 14.7. The van der Waals surface area contributed by atoms with Crippen LogP contribution in [0.3, 0.4) is 0 Å². The van der Waals surface area contributed by atoms with E-state index in [2.05, 4.69) is 45.3 Å². The minimum Gasteiger partial charge on any atom is -0.480 e. The molecule has 3 heterocycles. The number of benzene rings is 2. The van der Waals surface area contributed by atoms with Gasteiger partial charge in [-0.25, -0.2) is 0 Å². The van der Waals surface area contributed by atoms with Crippen molar-refractivity contribution < 1.29 is 9.90 Å². The van der Waals surface area contributed by atoms with Gasteiger partial charge in [-0.15, -0.1) is 0 Å². The molecule has 0 bridgehead atoms. The Morgan fingerprint density at radius 3 is 1.68 bits per heavy atom. The molecule has 0 aliphatic carbocycles. The zero-order valence-corrected chi connectivity index (χ0v) is 26.0. The standard InChI is InChI=1S/C33H46Cl2N4O2/c1-36-20-24-2-8-37(9-3-24)21-25-14-26(16-29(15-25)30-17-31(34)19-32(35)18-30)22-38-10-4-27(5-11-38)28-6-12-39(13-7-28)23-33(40)41/h14-19,24,27-28,36H,2-13,20-23H2,1H3,(H,40,41). The van der Waals surface area contributed by atoms with Crippen LogP contribution in [0.1, 0.15) is 49.7 Å². The van der Waals surface area contributed by atoms with Crippen LogP contribution in [0.2, 0.25) is 10.0 Å². The van der Waals surface area contributed by atoms with Gasteiger partial charge in [-0.3, -0.25) is 19.5 Å². The summed E-state index contributed by atoms with van der Waals surface area (Å²) in [7, 11) is 2.05. The summed E-state index contributed by atoms with van der Waals surface area (Å²) in [4.78, 5) is 18.4. The van der Waals surface area contributed by atoms with E-state index in [-0.39, 0.29) is 6.54 Å². The van der Waals surface area contributed by atoms with Crippen molar-refractivity contribution in [2.24, 2.45) is 17.8 Å². The van der Waals surface area contributed by atoms with Crippen molar-refractivity contribution in [3.05, 3.63) is 57.6 Å². The maximum Gasteiger partial charge on any atom is 0.317 e. The highest BCUT2D eigenvalue weighted by atomic mass is 35.5. The lowest BCUT2D eigenvalue weighted by molar-refractivity contribution is -0.138. The maximum absolute atomic E-state index is 11.1. The lowest BCUT2D eigenvalue weighted by Gasteiger charge is -2.40. The number of nitrogens with zero attached hydrogens (tertiary/aromatic N) is 3. The zero-order chi connectivity index (χ0) is 28.8. The number of carbonyl (C=O) groups is 1. The van der Waals surface area contributed by atoms with E-state index >= 15 is 0 Å². The number of halogens is 2. The summed E-state index contributed by atoms with van der Waals surface area (Å²) >= 11 is 12.8. The molecule has 8 heteroatoms. The summed E-state index contributed by atoms with van der Waals surface area (Å²) in [6.45, 7) is 9.64. The van der Waals surface area contributed by atoms with Crippen LogP contribution in [-0.2, 0) is 17.9 Å². The van der Waals surface area contributed by atoms with Gasteiger partial charge in [-0.2, -0.15) is 0 Å². The highest BCUT2D eigenvalue weighted by Crippen LogP contribution is 2.34. The molecule has 0 unspecified atom stereocenters. The molecule has 2 aromatic carbocycles. The average molecular weight is 602 g/mol. The minimum atomic E-state index is -0.712. The number of carboxylic acids is 1. The third-order valence-electron chi connectivity index (χ3n) is 9.55. The van der Waals surface area contributed by atoms with Crippen molar-refractivity contribution in [2.45, 2.75) is 51.6 Å². The molecular weight excluding hydrogens is 555 g/mol. The van der Waals surface area contributed by atoms with Crippen LogP contribution in [0.5, 0.6) is 0 Å². The maximum atomic E-state index is 11.1. The van der Waals surface area contributed by atoms with Gasteiger partial charge < -0.3 is 10.4 Å². The first-order chi connectivity index (χ1) is 19.8. The predicted octanol–water partition coefficient (Wildman–Crippen LogP) is 6.10. The predicted molar refractivity (Wildman–Crippen MR) is 169 cm³/mol. The van der Waals surface area contributed by atoms with E-state index in [4.69, 9.17) is 28.3 Å². The topological polar surface area (TPSA) is 59.0 Å². The Kier molecular flexibility index (Phi) is 11.0. The first-order valence-corrected chi connectivity index (χ1v) is 16.2. The molecule has 0 aromatic heterocycles. The third kappa shape index (κ3) is 8.92. The summed E-state index contributed by atoms with van der Waals surface area (Å²) < 4.78 is 0. The van der Waals surface area contributed by atoms with Gasteiger partial charge >= 0.3 is 5.97 Å². The van der Waals surface area contributed by atoms with Gasteiger partial charge in [-0.05, 0) is 162 Å². The van der Waals surface area contributed by atoms with Crippen LogP contribution in [0.15, 0.2) is 36.4 Å². The van der Waals surface area contributed by atoms with Crippen LogP contribution in [0.25, 0.3) is 11.1 Å². The monoisotopic (exact) mass is 600 g/mol. The number of hydrogen-bond acceptors (Lipinski definition) is 5. The molecule has 41 heavy (non-hydrogen) atoms. The van der Waals surface area contributed by atoms with Crippen LogP contribution in [0.4, 0.5) is 0 Å². The lowest BCUT2D eigenvalue weighted by Crippen LogP contribution is -2.42. The molecule has 2 N–H and O–H groups in total. The van der Waals surface area contributed by atoms with Crippen molar-refractivity contribution in [1.29, 1.82) is 0 Å². The summed E-state index contributed by atoms with van der Waals surface area (Å²) in [5.41, 5.74) is 4.99. The number of nitrogens with one attached hydrogen (secondary N) is 1. The van der Waals surface area contributed by atoms with Crippen molar-refractivity contribution in [3.8, 4) is 11.1 Å². The van der Waals surface area contributed by atoms with Gasteiger partial charge in [-0.1, -0.05) is 29.3 Å². The minimum absolute atomic E-state index is 0.183. The molecule has 5 rings (SSSR count). The number of piperidine rings is 3. The molecule has 0 saturated carbocycles. The Bertz CT molecular complexity index is 1130. The third-order valence-corrected chi connectivity index (χ3v) is 9.99. The lowest BCUT2D eigenvalue weighted by atomic mass is 9.78. The Morgan fingerprint density at radius 2 is 1.20 bits per heavy atom. The average Bonchev–Trinajstić information content (AvgIpc) is 2.94.